The first-order valence-corrected chi connectivity index (χ1v) is 14.1. The second kappa shape index (κ2) is 9.75. The van der Waals surface area contributed by atoms with E-state index in [1.54, 1.807) is 11.3 Å². The number of hydrogen-bond acceptors (Lipinski definition) is 5. The first kappa shape index (κ1) is 23.4. The summed E-state index contributed by atoms with van der Waals surface area (Å²) in [4.78, 5) is 10.6. The molecule has 33 heavy (non-hydrogen) atoms. The lowest BCUT2D eigenvalue weighted by Gasteiger charge is -2.43. The van der Waals surface area contributed by atoms with Gasteiger partial charge in [0.2, 0.25) is 0 Å². The summed E-state index contributed by atoms with van der Waals surface area (Å²) in [5.41, 5.74) is 4.87. The molecule has 4 nitrogen and oxygen atoms in total. The number of para-hydroxylation sites is 1. The fourth-order valence-electron chi connectivity index (χ4n) is 6.66. The fourth-order valence-corrected chi connectivity index (χ4v) is 7.77. The number of likely N-dealkylation sites (tertiary alicyclic amines) is 1. The lowest BCUT2D eigenvalue weighted by molar-refractivity contribution is 0.0410. The Labute approximate surface area is 204 Å². The van der Waals surface area contributed by atoms with Gasteiger partial charge in [-0.05, 0) is 55.6 Å². The third-order valence-corrected chi connectivity index (χ3v) is 9.96. The first-order chi connectivity index (χ1) is 16.0. The van der Waals surface area contributed by atoms with Crippen LogP contribution < -0.4 is 0 Å². The second-order valence-corrected chi connectivity index (χ2v) is 12.1. The van der Waals surface area contributed by atoms with Gasteiger partial charge in [-0.2, -0.15) is 0 Å². The maximum atomic E-state index is 5.55. The smallest absolute Gasteiger partial charge is 0.102 e. The average Bonchev–Trinajstić information content (AvgIpc) is 3.17. The van der Waals surface area contributed by atoms with Crippen molar-refractivity contribution >= 4 is 22.5 Å². The monoisotopic (exact) mass is 467 g/mol. The molecule has 1 saturated carbocycles. The molecular formula is C28H41N3OS. The molecule has 0 radical (unpaired) electrons. The molecule has 2 saturated heterocycles. The Morgan fingerprint density at radius 3 is 2.48 bits per heavy atom. The van der Waals surface area contributed by atoms with E-state index in [9.17, 15) is 0 Å². The Bertz CT molecular complexity index is 884. The maximum absolute atomic E-state index is 5.55. The van der Waals surface area contributed by atoms with Crippen molar-refractivity contribution in [3.8, 4) is 0 Å². The SMILES string of the molecule is CC12CCC(C(C(=Nc3ccccc3)SCCN3CCOCC3)=C1N1CCCCC1)C2(C)C. The molecule has 180 valence electrons. The van der Waals surface area contributed by atoms with E-state index in [1.807, 2.05) is 11.8 Å². The number of nitrogens with zero attached hydrogens (tertiary/aromatic N) is 3. The van der Waals surface area contributed by atoms with Crippen LogP contribution in [0.5, 0.6) is 0 Å². The molecule has 0 amide bonds. The zero-order valence-corrected chi connectivity index (χ0v) is 21.6. The molecule has 2 heterocycles. The van der Waals surface area contributed by atoms with Crippen molar-refractivity contribution in [2.24, 2.45) is 21.7 Å². The number of benzene rings is 1. The number of fused-ring (bicyclic) bond motifs is 2. The third-order valence-electron chi connectivity index (χ3n) is 8.99. The van der Waals surface area contributed by atoms with Gasteiger partial charge >= 0.3 is 0 Å². The predicted molar refractivity (Wildman–Crippen MR) is 140 cm³/mol. The summed E-state index contributed by atoms with van der Waals surface area (Å²) >= 11 is 2.00. The largest absolute Gasteiger partial charge is 0.379 e. The van der Waals surface area contributed by atoms with Crippen LogP contribution in [0.2, 0.25) is 0 Å². The van der Waals surface area contributed by atoms with Gasteiger partial charge in [0.25, 0.3) is 0 Å². The molecule has 5 heteroatoms. The molecule has 0 aromatic heterocycles. The topological polar surface area (TPSA) is 28.1 Å². The van der Waals surface area contributed by atoms with Gasteiger partial charge in [-0.15, -0.1) is 11.8 Å². The molecule has 1 aromatic carbocycles. The van der Waals surface area contributed by atoms with Gasteiger partial charge in [0.1, 0.15) is 5.04 Å². The number of morpholine rings is 1. The van der Waals surface area contributed by atoms with E-state index in [2.05, 4.69) is 60.9 Å². The summed E-state index contributed by atoms with van der Waals surface area (Å²) in [7, 11) is 0. The van der Waals surface area contributed by atoms with Gasteiger partial charge in [-0.1, -0.05) is 39.0 Å². The van der Waals surface area contributed by atoms with Crippen molar-refractivity contribution in [1.82, 2.24) is 9.80 Å². The van der Waals surface area contributed by atoms with Gasteiger partial charge in [0.05, 0.1) is 18.9 Å². The van der Waals surface area contributed by atoms with Crippen molar-refractivity contribution < 1.29 is 4.74 Å². The molecule has 4 aliphatic rings. The zero-order valence-electron chi connectivity index (χ0n) is 20.8. The summed E-state index contributed by atoms with van der Waals surface area (Å²) in [6.07, 6.45) is 6.65. The number of ether oxygens (including phenoxy) is 1. The summed E-state index contributed by atoms with van der Waals surface area (Å²) in [6.45, 7) is 15.0. The summed E-state index contributed by atoms with van der Waals surface area (Å²) < 4.78 is 5.55. The fraction of sp³-hybridized carbons (Fsp3) is 0.679. The Kier molecular flexibility index (Phi) is 6.93. The molecule has 0 N–H and O–H groups in total. The van der Waals surface area contributed by atoms with Crippen molar-refractivity contribution in [3.05, 3.63) is 41.6 Å². The molecule has 2 unspecified atom stereocenters. The molecule has 2 aliphatic carbocycles. The van der Waals surface area contributed by atoms with Gasteiger partial charge in [0.15, 0.2) is 0 Å². The predicted octanol–water partition coefficient (Wildman–Crippen LogP) is 5.98. The minimum atomic E-state index is 0.257. The first-order valence-electron chi connectivity index (χ1n) is 13.1. The van der Waals surface area contributed by atoms with Crippen LogP contribution >= 0.6 is 11.8 Å². The number of rotatable bonds is 6. The number of allylic oxidation sites excluding steroid dienone is 1. The number of hydrogen-bond donors (Lipinski definition) is 0. The number of aliphatic imine (C=N–C) groups is 1. The Morgan fingerprint density at radius 1 is 1.03 bits per heavy atom. The van der Waals surface area contributed by atoms with Crippen LogP contribution in [0.1, 0.15) is 52.9 Å². The highest BCUT2D eigenvalue weighted by molar-refractivity contribution is 8.14. The van der Waals surface area contributed by atoms with Crippen LogP contribution in [0.25, 0.3) is 0 Å². The Morgan fingerprint density at radius 2 is 1.76 bits per heavy atom. The molecule has 0 spiro atoms. The summed E-state index contributed by atoms with van der Waals surface area (Å²) in [6, 6.07) is 10.6. The highest BCUT2D eigenvalue weighted by Gasteiger charge is 2.62. The van der Waals surface area contributed by atoms with Crippen LogP contribution in [-0.4, -0.2) is 66.5 Å². The molecular weight excluding hydrogens is 426 g/mol. The van der Waals surface area contributed by atoms with Crippen LogP contribution in [0.15, 0.2) is 46.6 Å². The highest BCUT2D eigenvalue weighted by Crippen LogP contribution is 2.69. The molecule has 2 aliphatic heterocycles. The quantitative estimate of drug-likeness (QED) is 0.380. The van der Waals surface area contributed by atoms with Crippen LogP contribution in [0.4, 0.5) is 5.69 Å². The minimum absolute atomic E-state index is 0.257. The maximum Gasteiger partial charge on any atom is 0.102 e. The average molecular weight is 468 g/mol. The molecule has 2 atom stereocenters. The van der Waals surface area contributed by atoms with Gasteiger partial charge < -0.3 is 9.64 Å². The van der Waals surface area contributed by atoms with Crippen molar-refractivity contribution in [1.29, 1.82) is 0 Å². The van der Waals surface area contributed by atoms with Gasteiger partial charge in [-0.25, -0.2) is 4.99 Å². The van der Waals surface area contributed by atoms with Crippen LogP contribution in [-0.2, 0) is 4.74 Å². The normalized spacial score (nSPS) is 30.3. The molecule has 5 rings (SSSR count). The van der Waals surface area contributed by atoms with E-state index >= 15 is 0 Å². The van der Waals surface area contributed by atoms with Crippen LogP contribution in [0.3, 0.4) is 0 Å². The zero-order chi connectivity index (χ0) is 22.9. The van der Waals surface area contributed by atoms with E-state index in [0.717, 1.165) is 44.3 Å². The lowest BCUT2D eigenvalue weighted by atomic mass is 9.69. The van der Waals surface area contributed by atoms with E-state index in [-0.39, 0.29) is 10.8 Å². The van der Waals surface area contributed by atoms with E-state index in [4.69, 9.17) is 9.73 Å². The summed E-state index contributed by atoms with van der Waals surface area (Å²) in [5, 5.41) is 1.29. The molecule has 1 aromatic rings. The second-order valence-electron chi connectivity index (χ2n) is 11.0. The van der Waals surface area contributed by atoms with Crippen molar-refractivity contribution in [3.63, 3.8) is 0 Å². The number of piperidine rings is 1. The highest BCUT2D eigenvalue weighted by atomic mass is 32.2. The van der Waals surface area contributed by atoms with Crippen molar-refractivity contribution in [2.45, 2.75) is 52.9 Å². The number of thioether (sulfide) groups is 1. The van der Waals surface area contributed by atoms with Gasteiger partial charge in [-0.3, -0.25) is 4.90 Å². The Balaban J connectivity index is 1.50. The molecule has 3 fully saturated rings. The third kappa shape index (κ3) is 4.41. The standard InChI is InChI=1S/C28H41N3OS/c1-27(2)23-12-13-28(27,3)25(31-14-8-5-9-15-31)24(23)26(29-22-10-6-4-7-11-22)33-21-18-30-16-19-32-20-17-30/h4,6-7,10-11,23H,5,8-9,12-21H2,1-3H3. The summed E-state index contributed by atoms with van der Waals surface area (Å²) in [5.74, 6) is 1.70. The molecule has 2 bridgehead atoms. The van der Waals surface area contributed by atoms with Crippen molar-refractivity contribution in [2.75, 3.05) is 51.7 Å². The van der Waals surface area contributed by atoms with E-state index in [1.165, 1.54) is 50.2 Å². The van der Waals surface area contributed by atoms with Crippen LogP contribution in [0, 0.1) is 16.7 Å². The van der Waals surface area contributed by atoms with Gasteiger partial charge in [0, 0.05) is 55.2 Å². The minimum Gasteiger partial charge on any atom is -0.379 e. The van der Waals surface area contributed by atoms with E-state index in [0.29, 0.717) is 5.92 Å². The lowest BCUT2D eigenvalue weighted by Crippen LogP contribution is -2.40. The van der Waals surface area contributed by atoms with E-state index < -0.39 is 0 Å². The Hall–Kier alpha value is -1.30.